The van der Waals surface area contributed by atoms with Crippen LogP contribution in [0.3, 0.4) is 0 Å². The minimum absolute atomic E-state index is 0.0669. The highest BCUT2D eigenvalue weighted by Gasteiger charge is 2.78. The van der Waals surface area contributed by atoms with Gasteiger partial charge in [-0.25, -0.2) is 22.3 Å². The number of carbonyl (C=O) groups is 4. The summed E-state index contributed by atoms with van der Waals surface area (Å²) in [6, 6.07) is -1.16. The fourth-order valence-electron chi connectivity index (χ4n) is 9.69. The highest BCUT2D eigenvalue weighted by Crippen LogP contribution is 2.72. The van der Waals surface area contributed by atoms with E-state index >= 15 is 8.78 Å². The molecule has 4 rings (SSSR count). The van der Waals surface area contributed by atoms with Gasteiger partial charge in [0, 0.05) is 35.6 Å². The van der Waals surface area contributed by atoms with Crippen LogP contribution < -0.4 is 5.32 Å². The topological polar surface area (TPSA) is 210 Å². The van der Waals surface area contributed by atoms with Gasteiger partial charge in [-0.2, -0.15) is 4.31 Å². The van der Waals surface area contributed by atoms with Crippen molar-refractivity contribution in [1.82, 2.24) is 5.32 Å². The number of carbonyl (C=O) groups excluding carboxylic acids is 4. The maximum atomic E-state index is 18.5. The number of halogens is 3. The van der Waals surface area contributed by atoms with E-state index in [0.717, 1.165) is 44.3 Å². The molecule has 3 unspecified atom stereocenters. The Hall–Kier alpha value is -1.92. The number of alkyl halides is 3. The van der Waals surface area contributed by atoms with Crippen molar-refractivity contribution >= 4 is 50.2 Å². The molecule has 0 aromatic rings. The van der Waals surface area contributed by atoms with Crippen LogP contribution in [0.25, 0.3) is 0 Å². The second-order valence-corrected chi connectivity index (χ2v) is 20.1. The van der Waals surface area contributed by atoms with E-state index in [-0.39, 0.29) is 49.4 Å². The maximum absolute atomic E-state index is 18.5. The van der Waals surface area contributed by atoms with Crippen molar-refractivity contribution in [2.24, 2.45) is 28.6 Å². The molecule has 21 heteroatoms. The number of hydrogen-bond acceptors (Lipinski definition) is 13. The number of ether oxygens (including phenoxy) is 3. The molecular weight excluding hydrogens is 845 g/mol. The molecule has 0 heterocycles. The van der Waals surface area contributed by atoms with Gasteiger partial charge in [-0.05, 0) is 74.9 Å². The minimum atomic E-state index is -5.52. The number of phosphoric ester groups is 2. The highest BCUT2D eigenvalue weighted by atomic mass is 32.2. The lowest BCUT2D eigenvalue weighted by atomic mass is 9.44. The molecule has 4 aliphatic rings. The monoisotopic (exact) mass is 903 g/mol. The lowest BCUT2D eigenvalue weighted by Crippen LogP contribution is -2.71. The van der Waals surface area contributed by atoms with E-state index in [1.54, 1.807) is 13.8 Å². The third-order valence-electron chi connectivity index (χ3n) is 12.5. The molecule has 12 atom stereocenters. The quantitative estimate of drug-likeness (QED) is 0.0426. The average molecular weight is 904 g/mol. The van der Waals surface area contributed by atoms with Gasteiger partial charge in [-0.15, -0.1) is 0 Å². The smallest absolute Gasteiger partial charge is 0.449 e. The Morgan fingerprint density at radius 3 is 2.42 bits per heavy atom. The number of fused-ring (bicyclic) bond motifs is 5. The van der Waals surface area contributed by atoms with Gasteiger partial charge < -0.3 is 29.3 Å². The zero-order valence-corrected chi connectivity index (χ0v) is 36.9. The van der Waals surface area contributed by atoms with Crippen LogP contribution in [0.2, 0.25) is 0 Å². The summed E-state index contributed by atoms with van der Waals surface area (Å²) in [5, 5.41) is 1.59. The Kier molecular flexibility index (Phi) is 16.9. The van der Waals surface area contributed by atoms with E-state index in [1.807, 2.05) is 6.92 Å². The first kappa shape index (κ1) is 49.7. The van der Waals surface area contributed by atoms with Crippen molar-refractivity contribution in [3.05, 3.63) is 23.8 Å². The first-order valence-electron chi connectivity index (χ1n) is 20.0. The van der Waals surface area contributed by atoms with Gasteiger partial charge in [0.2, 0.25) is 11.0 Å². The molecule has 0 radical (unpaired) electrons. The summed E-state index contributed by atoms with van der Waals surface area (Å²) < 4.78 is 105. The zero-order chi connectivity index (χ0) is 44.0. The molecular formula is C38H58F3NO14P2S. The summed E-state index contributed by atoms with van der Waals surface area (Å²) in [4.78, 5) is 71.9. The van der Waals surface area contributed by atoms with Crippen molar-refractivity contribution in [3.63, 3.8) is 0 Å². The molecule has 3 saturated carbocycles. The second kappa shape index (κ2) is 20.1. The van der Waals surface area contributed by atoms with Crippen LogP contribution in [-0.4, -0.2) is 94.8 Å². The Balaban J connectivity index is 1.49. The van der Waals surface area contributed by atoms with E-state index in [2.05, 4.69) is 16.6 Å². The number of phosphoric acid groups is 2. The van der Waals surface area contributed by atoms with Crippen LogP contribution in [0.15, 0.2) is 23.8 Å². The third-order valence-corrected chi connectivity index (χ3v) is 15.8. The molecule has 15 nitrogen and oxygen atoms in total. The summed E-state index contributed by atoms with van der Waals surface area (Å²) in [7, 11) is -10.8. The molecule has 336 valence electrons. The number of hydrogen-bond donors (Lipinski definition) is 3. The summed E-state index contributed by atoms with van der Waals surface area (Å²) in [5.74, 6) is -4.82. The molecule has 4 aliphatic carbocycles. The Bertz CT molecular complexity index is 1720. The van der Waals surface area contributed by atoms with Crippen LogP contribution >= 0.6 is 27.4 Å². The summed E-state index contributed by atoms with van der Waals surface area (Å²) in [6.07, 6.45) is 3.61. The summed E-state index contributed by atoms with van der Waals surface area (Å²) in [6.45, 7) is 7.55. The van der Waals surface area contributed by atoms with E-state index in [0.29, 0.717) is 0 Å². The number of nitrogens with one attached hydrogen (secondary N) is 1. The van der Waals surface area contributed by atoms with Crippen molar-refractivity contribution in [3.8, 4) is 0 Å². The third kappa shape index (κ3) is 10.5. The van der Waals surface area contributed by atoms with E-state index in [1.165, 1.54) is 19.9 Å². The fraction of sp³-hybridized carbons (Fsp3) is 0.789. The lowest BCUT2D eigenvalue weighted by Gasteiger charge is -2.63. The SMILES string of the molecule is CCCCCCC(C)OCC(=O)NCCOP(=O)(O)OP(=O)(O)OCO[C@H]1C[C@@]2(C)[C@@H](C[C@@H](C)[C@]2(OC(=O)CC)C(=O)SCF)[C@@H]2C[C@H](F)C3=CC(=O)C=C[C@]3(C)[C@@]12F. The largest absolute Gasteiger partial charge is 0.483 e. The number of amides is 1. The van der Waals surface area contributed by atoms with E-state index < -0.39 is 123 Å². The minimum Gasteiger partial charge on any atom is -0.449 e. The standard InChI is InChI=1S/C38H58F3NO14P2S/c1-7-9-10-11-12-25(4)51-21-32(44)42-15-16-53-57(47,48)56-58(49,50)54-23-52-31-20-36(6)27(17-24(3)38(36,34(46)59-22-39)55-33(45)8-2)28-19-30(40)29-18-26(43)13-14-35(29,5)37(28,31)41/h13-14,18,24-25,27-28,30-31H,7-12,15-17,19-23H2,1-6H3,(H,42,44)(H,47,48)(H,49,50)/t24-,25?,27+,28+,30+,31+,35+,36+,37+,38+/m1/s1. The van der Waals surface area contributed by atoms with Gasteiger partial charge >= 0.3 is 21.6 Å². The van der Waals surface area contributed by atoms with Gasteiger partial charge in [0.15, 0.2) is 23.8 Å². The van der Waals surface area contributed by atoms with Crippen LogP contribution in [0.5, 0.6) is 0 Å². The predicted octanol–water partition coefficient (Wildman–Crippen LogP) is 7.15. The number of allylic oxidation sites excluding steroid dienone is 4. The normalized spacial score (nSPS) is 35.0. The van der Waals surface area contributed by atoms with Gasteiger partial charge in [0.25, 0.3) is 0 Å². The maximum Gasteiger partial charge on any atom is 0.483 e. The molecule has 0 saturated heterocycles. The van der Waals surface area contributed by atoms with Crippen molar-refractivity contribution in [2.75, 3.05) is 32.6 Å². The molecule has 0 aromatic carbocycles. The van der Waals surface area contributed by atoms with Gasteiger partial charge in [-0.3, -0.25) is 28.2 Å². The van der Waals surface area contributed by atoms with Gasteiger partial charge in [0.1, 0.15) is 18.8 Å². The highest BCUT2D eigenvalue weighted by molar-refractivity contribution is 8.13. The molecule has 0 spiro atoms. The molecule has 3 N–H and O–H groups in total. The fourth-order valence-corrected chi connectivity index (χ4v) is 12.4. The zero-order valence-electron chi connectivity index (χ0n) is 34.3. The Morgan fingerprint density at radius 1 is 1.07 bits per heavy atom. The van der Waals surface area contributed by atoms with Crippen LogP contribution in [0.1, 0.15) is 99.3 Å². The first-order chi connectivity index (χ1) is 27.6. The Morgan fingerprint density at radius 2 is 1.76 bits per heavy atom. The molecule has 0 aromatic heterocycles. The molecule has 3 fully saturated rings. The second-order valence-electron chi connectivity index (χ2n) is 16.2. The van der Waals surface area contributed by atoms with E-state index in [9.17, 15) is 42.5 Å². The lowest BCUT2D eigenvalue weighted by molar-refractivity contribution is -0.248. The number of ketones is 1. The summed E-state index contributed by atoms with van der Waals surface area (Å²) >= 11 is 0.278. The molecule has 0 bridgehead atoms. The molecule has 0 aliphatic heterocycles. The molecule has 59 heavy (non-hydrogen) atoms. The van der Waals surface area contributed by atoms with Gasteiger partial charge in [0.05, 0.1) is 18.8 Å². The summed E-state index contributed by atoms with van der Waals surface area (Å²) in [5.41, 5.74) is -8.13. The van der Waals surface area contributed by atoms with E-state index in [4.69, 9.17) is 23.3 Å². The van der Waals surface area contributed by atoms with Crippen LogP contribution in [0.4, 0.5) is 13.2 Å². The average Bonchev–Trinajstić information content (AvgIpc) is 3.38. The van der Waals surface area contributed by atoms with Crippen LogP contribution in [-0.2, 0) is 55.9 Å². The first-order valence-corrected chi connectivity index (χ1v) is 23.9. The number of rotatable bonds is 22. The Labute approximate surface area is 347 Å². The van der Waals surface area contributed by atoms with Crippen LogP contribution in [0, 0.1) is 28.6 Å². The number of esters is 1. The number of unbranched alkanes of at least 4 members (excludes halogenated alkanes) is 3. The van der Waals surface area contributed by atoms with Crippen molar-refractivity contribution < 1.29 is 78.8 Å². The van der Waals surface area contributed by atoms with Crippen molar-refractivity contribution in [2.45, 2.75) is 129 Å². The predicted molar refractivity (Wildman–Crippen MR) is 210 cm³/mol. The van der Waals surface area contributed by atoms with Crippen molar-refractivity contribution in [1.29, 1.82) is 0 Å². The number of thioether (sulfide) groups is 1. The van der Waals surface area contributed by atoms with Gasteiger partial charge in [-0.1, -0.05) is 59.5 Å². The molecule has 1 amide bonds.